The number of rotatable bonds is 3. The molecule has 0 atom stereocenters. The molecule has 0 aromatic heterocycles. The van der Waals surface area contributed by atoms with E-state index in [1.807, 2.05) is 64.2 Å². The molecule has 0 aromatic carbocycles. The fourth-order valence-electron chi connectivity index (χ4n) is 1.49. The van der Waals surface area contributed by atoms with Crippen LogP contribution in [0.1, 0.15) is 47.5 Å². The van der Waals surface area contributed by atoms with E-state index < -0.39 is 0 Å². The predicted molar refractivity (Wildman–Crippen MR) is 93.5 cm³/mol. The number of nitrogens with zero attached hydrogens (tertiary/aromatic N) is 1. The van der Waals surface area contributed by atoms with Gasteiger partial charge in [0.1, 0.15) is 0 Å². The molecule has 0 bridgehead atoms. The largest absolute Gasteiger partial charge is 4.00 e. The van der Waals surface area contributed by atoms with Gasteiger partial charge in [0.15, 0.2) is 0 Å². The van der Waals surface area contributed by atoms with Crippen LogP contribution in [-0.2, 0) is 26.2 Å². The monoisotopic (exact) mass is 373 g/mol. The normalized spacial score (nSPS) is 17.6. The summed E-state index contributed by atoms with van der Waals surface area (Å²) in [6.07, 6.45) is 25.2. The Labute approximate surface area is 160 Å². The van der Waals surface area contributed by atoms with Gasteiger partial charge in [0.05, 0.1) is 0 Å². The van der Waals surface area contributed by atoms with Crippen LogP contribution in [0.2, 0.25) is 0 Å². The number of hydrogen-bond acceptors (Lipinski definition) is 0. The van der Waals surface area contributed by atoms with Gasteiger partial charge in [-0.3, -0.25) is 0 Å². The quantitative estimate of drug-likeness (QED) is 0.562. The molecule has 22 heavy (non-hydrogen) atoms. The van der Waals surface area contributed by atoms with Crippen LogP contribution in [0.3, 0.4) is 0 Å². The van der Waals surface area contributed by atoms with E-state index >= 15 is 0 Å². The smallest absolute Gasteiger partial charge is 0.713 e. The Balaban J connectivity index is 0. The van der Waals surface area contributed by atoms with Gasteiger partial charge in [-0.25, -0.2) is 0 Å². The van der Waals surface area contributed by atoms with Crippen LogP contribution >= 0.6 is 0 Å². The van der Waals surface area contributed by atoms with Gasteiger partial charge in [-0.15, -0.1) is 5.54 Å². The van der Waals surface area contributed by atoms with Crippen molar-refractivity contribution in [2.75, 3.05) is 0 Å². The number of hydrogen-bond donors (Lipinski definition) is 0. The van der Waals surface area contributed by atoms with Gasteiger partial charge in [0.2, 0.25) is 0 Å². The summed E-state index contributed by atoms with van der Waals surface area (Å²) in [5, 5.41) is 4.52. The summed E-state index contributed by atoms with van der Waals surface area (Å²) >= 11 is 0. The summed E-state index contributed by atoms with van der Waals surface area (Å²) in [4.78, 5) is 0. The van der Waals surface area contributed by atoms with E-state index in [9.17, 15) is 0 Å². The van der Waals surface area contributed by atoms with Crippen molar-refractivity contribution in [3.05, 3.63) is 81.3 Å². The minimum absolute atomic E-state index is 0. The SMILES string of the molecule is CC[C-]=C(CC)[N-]C(C)(C)C.[CH]1[CH][CH][CH][CH]1.[CH]1[CH][CH][CH][CH]1.[Zr+4]. The fourth-order valence-corrected chi connectivity index (χ4v) is 1.49. The van der Waals surface area contributed by atoms with Gasteiger partial charge in [0, 0.05) is 0 Å². The van der Waals surface area contributed by atoms with Gasteiger partial charge < -0.3 is 17.1 Å². The molecule has 2 fully saturated rings. The van der Waals surface area contributed by atoms with E-state index in [1.165, 1.54) is 0 Å². The summed E-state index contributed by atoms with van der Waals surface area (Å²) in [6, 6.07) is 0. The molecule has 2 heteroatoms. The first-order chi connectivity index (χ1) is 9.99. The first-order valence-corrected chi connectivity index (χ1v) is 7.65. The minimum Gasteiger partial charge on any atom is -0.713 e. The topological polar surface area (TPSA) is 14.1 Å². The van der Waals surface area contributed by atoms with E-state index in [4.69, 9.17) is 0 Å². The third-order valence-corrected chi connectivity index (χ3v) is 2.30. The average molecular weight is 375 g/mol. The molecule has 2 aliphatic carbocycles. The van der Waals surface area contributed by atoms with Crippen molar-refractivity contribution in [3.8, 4) is 0 Å². The van der Waals surface area contributed by atoms with Crippen molar-refractivity contribution in [3.63, 3.8) is 0 Å². The van der Waals surface area contributed by atoms with Crippen molar-refractivity contribution in [1.29, 1.82) is 0 Å². The molecule has 0 unspecified atom stereocenters. The maximum atomic E-state index is 4.52. The molecule has 0 aromatic rings. The van der Waals surface area contributed by atoms with Crippen molar-refractivity contribution in [2.24, 2.45) is 0 Å². The van der Waals surface area contributed by atoms with Gasteiger partial charge >= 0.3 is 26.2 Å². The second kappa shape index (κ2) is 16.3. The molecular weight excluding hydrogens is 345 g/mol. The molecule has 0 spiro atoms. The Morgan fingerprint density at radius 3 is 1.27 bits per heavy atom. The zero-order valence-electron chi connectivity index (χ0n) is 14.6. The summed E-state index contributed by atoms with van der Waals surface area (Å²) in [5.74, 6) is 0. The van der Waals surface area contributed by atoms with Gasteiger partial charge in [-0.05, 0) is 64.2 Å². The Bertz CT molecular complexity index is 220. The van der Waals surface area contributed by atoms with Crippen molar-refractivity contribution >= 4 is 0 Å². The van der Waals surface area contributed by atoms with Crippen LogP contribution in [-0.4, -0.2) is 5.54 Å². The third kappa shape index (κ3) is 18.5. The Morgan fingerprint density at radius 2 is 1.09 bits per heavy atom. The van der Waals surface area contributed by atoms with E-state index in [0.717, 1.165) is 18.5 Å². The minimum atomic E-state index is 0. The van der Waals surface area contributed by atoms with Crippen LogP contribution in [0, 0.1) is 70.3 Å². The third-order valence-electron chi connectivity index (χ3n) is 2.30. The second-order valence-electron chi connectivity index (χ2n) is 5.54. The molecule has 0 heterocycles. The predicted octanol–water partition coefficient (Wildman–Crippen LogP) is 5.71. The molecule has 2 aliphatic rings. The molecule has 2 saturated carbocycles. The molecule has 116 valence electrons. The van der Waals surface area contributed by atoms with E-state index in [0.29, 0.717) is 0 Å². The first-order valence-electron chi connectivity index (χ1n) is 7.65. The van der Waals surface area contributed by atoms with Crippen LogP contribution < -0.4 is 0 Å². The molecule has 1 nitrogen and oxygen atoms in total. The zero-order valence-corrected chi connectivity index (χ0v) is 17.1. The molecule has 2 rings (SSSR count). The van der Waals surface area contributed by atoms with E-state index in [1.54, 1.807) is 0 Å². The Hall–Kier alpha value is 0.423. The fraction of sp³-hybridized carbons (Fsp3) is 0.400. The molecule has 0 saturated heterocycles. The van der Waals surface area contributed by atoms with Crippen molar-refractivity contribution < 1.29 is 26.2 Å². The van der Waals surface area contributed by atoms with Crippen LogP contribution in [0.15, 0.2) is 5.70 Å². The summed E-state index contributed by atoms with van der Waals surface area (Å²) in [6.45, 7) is 10.5. The molecule has 0 amide bonds. The van der Waals surface area contributed by atoms with Gasteiger partial charge in [0.25, 0.3) is 0 Å². The maximum absolute atomic E-state index is 4.52. The second-order valence-corrected chi connectivity index (χ2v) is 5.54. The molecule has 0 N–H and O–H groups in total. The Morgan fingerprint density at radius 1 is 0.773 bits per heavy atom. The van der Waals surface area contributed by atoms with Crippen molar-refractivity contribution in [1.82, 2.24) is 0 Å². The molecular formula is C20H29NZr+2. The summed E-state index contributed by atoms with van der Waals surface area (Å²) in [7, 11) is 0. The average Bonchev–Trinajstić information content (AvgIpc) is 3.14. The van der Waals surface area contributed by atoms with Gasteiger partial charge in [-0.1, -0.05) is 41.0 Å². The van der Waals surface area contributed by atoms with Gasteiger partial charge in [-0.2, -0.15) is 6.42 Å². The summed E-state index contributed by atoms with van der Waals surface area (Å²) < 4.78 is 0. The van der Waals surface area contributed by atoms with Crippen LogP contribution in [0.25, 0.3) is 5.32 Å². The Kier molecular flexibility index (Phi) is 18.3. The zero-order chi connectivity index (χ0) is 16.0. The molecule has 0 aliphatic heterocycles. The molecule has 10 radical (unpaired) electrons. The van der Waals surface area contributed by atoms with Crippen molar-refractivity contribution in [2.45, 2.75) is 53.0 Å². The van der Waals surface area contributed by atoms with E-state index in [-0.39, 0.29) is 31.7 Å². The summed E-state index contributed by atoms with van der Waals surface area (Å²) in [5.41, 5.74) is 1.16. The standard InChI is InChI=1S/C10H19N.2C5H5.Zr/c1-6-8-9(7-2)11-10(3,4)5;2*1-2-4-5-3-1;/h6-7H2,1-5H3;2*1-5H;/q-2;;;+4. The maximum Gasteiger partial charge on any atom is 4.00 e. The first kappa shape index (κ1) is 24.7. The van der Waals surface area contributed by atoms with Crippen LogP contribution in [0.4, 0.5) is 0 Å². The van der Waals surface area contributed by atoms with Crippen LogP contribution in [0.5, 0.6) is 0 Å². The number of allylic oxidation sites excluding steroid dienone is 2. The van der Waals surface area contributed by atoms with E-state index in [2.05, 4.69) is 46.0 Å².